The van der Waals surface area contributed by atoms with Crippen molar-refractivity contribution in [2.24, 2.45) is 4.99 Å². The van der Waals surface area contributed by atoms with E-state index in [4.69, 9.17) is 9.47 Å². The number of carbonyl (C=O) groups is 2. The van der Waals surface area contributed by atoms with Crippen LogP contribution in [0.1, 0.15) is 19.4 Å². The fraction of sp³-hybridized carbons (Fsp3) is 0.233. The van der Waals surface area contributed by atoms with Crippen LogP contribution in [0.5, 0.6) is 11.5 Å². The van der Waals surface area contributed by atoms with Gasteiger partial charge >= 0.3 is 12.5 Å². The number of benzene rings is 3. The SMILES string of the molecule is CCOc1ccccc1N1C(=O)CSC1=NC(=O)OC(C)Cc1ccc(-c2ncn(-c3ccc(OC(F)(F)F)cc3)n2)cc1. The number of amides is 2. The largest absolute Gasteiger partial charge is 0.573 e. The van der Waals surface area contributed by atoms with Crippen LogP contribution in [0.15, 0.2) is 84.1 Å². The van der Waals surface area contributed by atoms with Crippen LogP contribution in [0, 0.1) is 0 Å². The zero-order valence-corrected chi connectivity index (χ0v) is 24.3. The molecule has 3 aromatic carbocycles. The molecule has 2 amide bonds. The third kappa shape index (κ3) is 7.56. The van der Waals surface area contributed by atoms with Gasteiger partial charge in [-0.2, -0.15) is 4.99 Å². The van der Waals surface area contributed by atoms with Crippen molar-refractivity contribution in [2.45, 2.75) is 32.7 Å². The molecule has 5 rings (SSSR count). The second-order valence-corrected chi connectivity index (χ2v) is 10.4. The summed E-state index contributed by atoms with van der Waals surface area (Å²) in [5.74, 6) is 0.530. The Kier molecular flexibility index (Phi) is 9.18. The summed E-state index contributed by atoms with van der Waals surface area (Å²) in [5.41, 5.74) is 2.63. The maximum Gasteiger partial charge on any atom is 0.573 e. The average molecular weight is 626 g/mol. The quantitative estimate of drug-likeness (QED) is 0.209. The van der Waals surface area contributed by atoms with E-state index in [1.54, 1.807) is 31.2 Å². The Morgan fingerprint density at radius 3 is 2.50 bits per heavy atom. The Bertz CT molecular complexity index is 1660. The Morgan fingerprint density at radius 1 is 1.07 bits per heavy atom. The van der Waals surface area contributed by atoms with Crippen molar-refractivity contribution in [1.29, 1.82) is 0 Å². The lowest BCUT2D eigenvalue weighted by Crippen LogP contribution is -2.30. The summed E-state index contributed by atoms with van der Waals surface area (Å²) in [6.45, 7) is 4.01. The van der Waals surface area contributed by atoms with E-state index in [0.717, 1.165) is 22.9 Å². The van der Waals surface area contributed by atoms with Crippen LogP contribution in [0.4, 0.5) is 23.7 Å². The fourth-order valence-corrected chi connectivity index (χ4v) is 5.21. The van der Waals surface area contributed by atoms with Gasteiger partial charge in [-0.1, -0.05) is 48.2 Å². The van der Waals surface area contributed by atoms with Crippen molar-refractivity contribution in [1.82, 2.24) is 14.8 Å². The van der Waals surface area contributed by atoms with Gasteiger partial charge in [0.2, 0.25) is 5.91 Å². The van der Waals surface area contributed by atoms with Gasteiger partial charge in [-0.25, -0.2) is 14.5 Å². The molecule has 0 aliphatic carbocycles. The van der Waals surface area contributed by atoms with Crippen molar-refractivity contribution < 1.29 is 37.0 Å². The first kappa shape index (κ1) is 30.6. The molecule has 14 heteroatoms. The minimum Gasteiger partial charge on any atom is -0.492 e. The van der Waals surface area contributed by atoms with Gasteiger partial charge in [0, 0.05) is 12.0 Å². The topological polar surface area (TPSA) is 108 Å². The molecular weight excluding hydrogens is 599 g/mol. The predicted molar refractivity (Wildman–Crippen MR) is 158 cm³/mol. The van der Waals surface area contributed by atoms with E-state index in [2.05, 4.69) is 19.8 Å². The number of anilines is 1. The molecule has 1 fully saturated rings. The predicted octanol–water partition coefficient (Wildman–Crippen LogP) is 6.44. The Labute approximate surface area is 254 Å². The van der Waals surface area contributed by atoms with E-state index < -0.39 is 18.6 Å². The number of alkyl halides is 3. The number of rotatable bonds is 9. The summed E-state index contributed by atoms with van der Waals surface area (Å²) in [7, 11) is 0. The van der Waals surface area contributed by atoms with Crippen LogP contribution in [-0.4, -0.2) is 56.8 Å². The molecule has 10 nitrogen and oxygen atoms in total. The number of para-hydroxylation sites is 2. The number of aliphatic imine (C=N–C) groups is 1. The Morgan fingerprint density at radius 2 is 1.80 bits per heavy atom. The van der Waals surface area contributed by atoms with Gasteiger partial charge in [-0.15, -0.1) is 18.3 Å². The molecule has 0 bridgehead atoms. The zero-order valence-electron chi connectivity index (χ0n) is 23.5. The molecule has 228 valence electrons. The molecule has 0 radical (unpaired) electrons. The van der Waals surface area contributed by atoms with Crippen LogP contribution in [-0.2, 0) is 16.0 Å². The second-order valence-electron chi connectivity index (χ2n) is 9.46. The standard InChI is InChI=1S/C30H26F3N5O5S/c1-3-41-25-7-5-4-6-24(25)38-26(39)17-44-28(38)35-29(40)42-19(2)16-20-8-10-21(11-9-20)27-34-18-37(36-27)22-12-14-23(15-13-22)43-30(31,32)33/h4-15,18-19H,3,16-17H2,1-2H3. The number of hydrogen-bond donors (Lipinski definition) is 0. The number of aromatic nitrogens is 3. The van der Waals surface area contributed by atoms with Crippen LogP contribution >= 0.6 is 11.8 Å². The number of nitrogens with zero attached hydrogens (tertiary/aromatic N) is 5. The monoisotopic (exact) mass is 625 g/mol. The highest BCUT2D eigenvalue weighted by atomic mass is 32.2. The maximum absolute atomic E-state index is 12.7. The highest BCUT2D eigenvalue weighted by molar-refractivity contribution is 8.15. The number of halogens is 3. The summed E-state index contributed by atoms with van der Waals surface area (Å²) < 4.78 is 53.7. The van der Waals surface area contributed by atoms with E-state index in [0.29, 0.717) is 36.0 Å². The molecule has 1 aromatic heterocycles. The van der Waals surface area contributed by atoms with Gasteiger partial charge in [-0.3, -0.25) is 9.69 Å². The van der Waals surface area contributed by atoms with E-state index in [1.165, 1.54) is 40.2 Å². The number of ether oxygens (including phenoxy) is 3. The Balaban J connectivity index is 1.19. The molecule has 1 atom stereocenters. The maximum atomic E-state index is 12.7. The molecule has 1 aliphatic heterocycles. The van der Waals surface area contributed by atoms with Gasteiger partial charge in [-0.05, 0) is 55.8 Å². The number of carbonyl (C=O) groups excluding carboxylic acids is 2. The summed E-state index contributed by atoms with van der Waals surface area (Å²) in [6, 6.07) is 19.7. The van der Waals surface area contributed by atoms with Crippen molar-refractivity contribution in [3.05, 3.63) is 84.7 Å². The molecule has 0 N–H and O–H groups in total. The zero-order chi connectivity index (χ0) is 31.3. The molecule has 0 spiro atoms. The number of thioether (sulfide) groups is 1. The van der Waals surface area contributed by atoms with Gasteiger partial charge in [0.15, 0.2) is 11.0 Å². The first-order valence-electron chi connectivity index (χ1n) is 13.4. The molecule has 44 heavy (non-hydrogen) atoms. The van der Waals surface area contributed by atoms with E-state index in [-0.39, 0.29) is 22.6 Å². The molecule has 1 unspecified atom stereocenters. The van der Waals surface area contributed by atoms with Crippen molar-refractivity contribution >= 4 is 34.6 Å². The molecule has 4 aromatic rings. The molecule has 1 aliphatic rings. The fourth-order valence-electron chi connectivity index (χ4n) is 4.36. The van der Waals surface area contributed by atoms with Gasteiger partial charge < -0.3 is 14.2 Å². The lowest BCUT2D eigenvalue weighted by Gasteiger charge is -2.19. The highest BCUT2D eigenvalue weighted by Crippen LogP contribution is 2.34. The van der Waals surface area contributed by atoms with Gasteiger partial charge in [0.1, 0.15) is 23.9 Å². The Hall–Kier alpha value is -4.85. The van der Waals surface area contributed by atoms with Crippen LogP contribution in [0.3, 0.4) is 0 Å². The normalized spacial score (nSPS) is 15.0. The lowest BCUT2D eigenvalue weighted by atomic mass is 10.1. The van der Waals surface area contributed by atoms with E-state index in [9.17, 15) is 22.8 Å². The summed E-state index contributed by atoms with van der Waals surface area (Å²) in [5, 5.41) is 4.63. The summed E-state index contributed by atoms with van der Waals surface area (Å²) >= 11 is 1.15. The van der Waals surface area contributed by atoms with Gasteiger partial charge in [0.25, 0.3) is 0 Å². The molecule has 0 saturated carbocycles. The van der Waals surface area contributed by atoms with Crippen molar-refractivity contribution in [3.8, 4) is 28.6 Å². The number of hydrogen-bond acceptors (Lipinski definition) is 8. The second kappa shape index (κ2) is 13.2. The lowest BCUT2D eigenvalue weighted by molar-refractivity contribution is -0.274. The third-order valence-corrected chi connectivity index (χ3v) is 7.15. The van der Waals surface area contributed by atoms with Crippen LogP contribution in [0.25, 0.3) is 17.1 Å². The summed E-state index contributed by atoms with van der Waals surface area (Å²) in [4.78, 5) is 35.0. The van der Waals surface area contributed by atoms with E-state index >= 15 is 0 Å². The minimum atomic E-state index is -4.77. The number of amidine groups is 1. The summed E-state index contributed by atoms with van der Waals surface area (Å²) in [6.07, 6.45) is -4.21. The first-order valence-corrected chi connectivity index (χ1v) is 14.4. The van der Waals surface area contributed by atoms with Crippen molar-refractivity contribution in [2.75, 3.05) is 17.3 Å². The van der Waals surface area contributed by atoms with Gasteiger partial charge in [0.05, 0.1) is 23.7 Å². The van der Waals surface area contributed by atoms with E-state index in [1.807, 2.05) is 31.2 Å². The van der Waals surface area contributed by atoms with Crippen LogP contribution < -0.4 is 14.4 Å². The van der Waals surface area contributed by atoms with Crippen molar-refractivity contribution in [3.63, 3.8) is 0 Å². The smallest absolute Gasteiger partial charge is 0.492 e. The molecule has 2 heterocycles. The third-order valence-electron chi connectivity index (χ3n) is 6.22. The van der Waals surface area contributed by atoms with Crippen LogP contribution in [0.2, 0.25) is 0 Å². The molecular formula is C30H26F3N5O5S. The highest BCUT2D eigenvalue weighted by Gasteiger charge is 2.33. The minimum absolute atomic E-state index is 0.144. The first-order chi connectivity index (χ1) is 21.1. The average Bonchev–Trinajstić information content (AvgIpc) is 3.61. The molecule has 1 saturated heterocycles.